The highest BCUT2D eigenvalue weighted by atomic mass is 16.6. The molecule has 2 fully saturated rings. The fourth-order valence-corrected chi connectivity index (χ4v) is 4.01. The summed E-state index contributed by atoms with van der Waals surface area (Å²) in [6, 6.07) is 17.4. The number of imide groups is 1. The highest BCUT2D eigenvalue weighted by Gasteiger charge is 2.58. The number of ether oxygens (including phenoxy) is 1. The number of nitrogens with zero attached hydrogens (tertiary/aromatic N) is 2. The molecule has 144 valence electrons. The molecule has 0 spiro atoms. The van der Waals surface area contributed by atoms with Gasteiger partial charge in [0.25, 0.3) is 0 Å². The summed E-state index contributed by atoms with van der Waals surface area (Å²) < 4.78 is 5.98. The Morgan fingerprint density at radius 2 is 1.57 bits per heavy atom. The maximum absolute atomic E-state index is 12.7. The van der Waals surface area contributed by atoms with E-state index in [4.69, 9.17) is 4.74 Å². The maximum Gasteiger partial charge on any atom is 0.411 e. The summed E-state index contributed by atoms with van der Waals surface area (Å²) in [5.74, 6) is 0. The Kier molecular flexibility index (Phi) is 4.38. The van der Waals surface area contributed by atoms with Gasteiger partial charge in [-0.2, -0.15) is 0 Å². The van der Waals surface area contributed by atoms with E-state index in [1.165, 1.54) is 4.90 Å². The number of carbonyl (C=O) groups is 3. The number of hydrogen-bond donors (Lipinski definition) is 1. The Bertz CT molecular complexity index is 863. The first-order valence-corrected chi connectivity index (χ1v) is 8.90. The molecule has 28 heavy (non-hydrogen) atoms. The second-order valence-electron chi connectivity index (χ2n) is 6.71. The minimum Gasteiger partial charge on any atom is -0.530 e. The lowest BCUT2D eigenvalue weighted by Gasteiger charge is -2.42. The summed E-state index contributed by atoms with van der Waals surface area (Å²) in [5, 5.41) is 12.5. The van der Waals surface area contributed by atoms with E-state index >= 15 is 0 Å². The molecule has 0 radical (unpaired) electrons. The second kappa shape index (κ2) is 6.88. The maximum atomic E-state index is 12.7. The van der Waals surface area contributed by atoms with E-state index in [9.17, 15) is 19.5 Å². The molecule has 1 atom stereocenters. The van der Waals surface area contributed by atoms with E-state index in [1.807, 2.05) is 60.7 Å². The largest absolute Gasteiger partial charge is 0.530 e. The summed E-state index contributed by atoms with van der Waals surface area (Å²) >= 11 is 0. The Morgan fingerprint density at radius 1 is 1.00 bits per heavy atom. The molecule has 2 saturated heterocycles. The Labute approximate surface area is 161 Å². The second-order valence-corrected chi connectivity index (χ2v) is 6.71. The Morgan fingerprint density at radius 3 is 2.11 bits per heavy atom. The first-order valence-electron chi connectivity index (χ1n) is 8.90. The van der Waals surface area contributed by atoms with Gasteiger partial charge in [-0.05, 0) is 0 Å². The predicted octanol–water partition coefficient (Wildman–Crippen LogP) is 1.12. The number of nitrogens with one attached hydrogen (secondary N) is 1. The summed E-state index contributed by atoms with van der Waals surface area (Å²) in [5.41, 5.74) is 0.452. The molecule has 8 nitrogen and oxygen atoms in total. The van der Waals surface area contributed by atoms with Gasteiger partial charge >= 0.3 is 12.1 Å². The fraction of sp³-hybridized carbons (Fsp3) is 0.250. The van der Waals surface area contributed by atoms with Gasteiger partial charge in [0.15, 0.2) is 5.60 Å². The molecule has 1 unspecified atom stereocenters. The molecular formula is C20H18N3O5-. The highest BCUT2D eigenvalue weighted by Crippen LogP contribution is 2.45. The van der Waals surface area contributed by atoms with Crippen molar-refractivity contribution in [2.75, 3.05) is 19.6 Å². The van der Waals surface area contributed by atoms with Crippen LogP contribution in [-0.2, 0) is 10.3 Å². The van der Waals surface area contributed by atoms with Crippen LogP contribution in [0.2, 0.25) is 0 Å². The number of fused-ring (bicyclic) bond motifs is 1. The van der Waals surface area contributed by atoms with Crippen LogP contribution in [0.15, 0.2) is 60.7 Å². The fourth-order valence-electron chi connectivity index (χ4n) is 4.01. The van der Waals surface area contributed by atoms with Crippen molar-refractivity contribution in [3.63, 3.8) is 0 Å². The number of carbonyl (C=O) groups excluding carboxylic acids is 3. The summed E-state index contributed by atoms with van der Waals surface area (Å²) in [6.07, 6.45) is -2.12. The van der Waals surface area contributed by atoms with E-state index in [2.05, 4.69) is 0 Å². The molecule has 2 aromatic rings. The summed E-state index contributed by atoms with van der Waals surface area (Å²) in [6.45, 7) is 0.560. The van der Waals surface area contributed by atoms with Crippen LogP contribution in [0, 0.1) is 0 Å². The van der Waals surface area contributed by atoms with E-state index in [1.54, 1.807) is 10.2 Å². The van der Waals surface area contributed by atoms with Crippen LogP contribution in [0.25, 0.3) is 0 Å². The molecule has 8 heteroatoms. The lowest BCUT2D eigenvalue weighted by atomic mass is 9.79. The van der Waals surface area contributed by atoms with Crippen LogP contribution in [0.5, 0.6) is 0 Å². The Hall–Kier alpha value is -3.55. The molecule has 1 N–H and O–H groups in total. The van der Waals surface area contributed by atoms with Crippen molar-refractivity contribution < 1.29 is 24.2 Å². The number of cyclic esters (lactones) is 1. The SMILES string of the molecule is O=C([O-])NC(=O)N1CCN2C(=O)OC(c3ccccc3)(c3ccccc3)C2C1. The average molecular weight is 380 g/mol. The van der Waals surface area contributed by atoms with Crippen molar-refractivity contribution in [2.24, 2.45) is 0 Å². The van der Waals surface area contributed by atoms with Crippen LogP contribution >= 0.6 is 0 Å². The topological polar surface area (TPSA) is 102 Å². The van der Waals surface area contributed by atoms with E-state index < -0.39 is 29.9 Å². The molecule has 0 bridgehead atoms. The van der Waals surface area contributed by atoms with Gasteiger partial charge in [-0.1, -0.05) is 60.7 Å². The number of benzene rings is 2. The zero-order chi connectivity index (χ0) is 19.7. The van der Waals surface area contributed by atoms with Crippen LogP contribution in [-0.4, -0.2) is 53.7 Å². The van der Waals surface area contributed by atoms with Gasteiger partial charge in [-0.15, -0.1) is 0 Å². The van der Waals surface area contributed by atoms with Gasteiger partial charge in [0.2, 0.25) is 0 Å². The van der Waals surface area contributed by atoms with Gasteiger partial charge < -0.3 is 19.5 Å². The lowest BCUT2D eigenvalue weighted by molar-refractivity contribution is -0.249. The molecule has 0 aromatic heterocycles. The van der Waals surface area contributed by atoms with Crippen LogP contribution < -0.4 is 10.4 Å². The van der Waals surface area contributed by atoms with Crippen molar-refractivity contribution in [3.8, 4) is 0 Å². The van der Waals surface area contributed by atoms with Crippen LogP contribution in [0.1, 0.15) is 11.1 Å². The van der Waals surface area contributed by atoms with Crippen molar-refractivity contribution >= 4 is 18.2 Å². The van der Waals surface area contributed by atoms with Crippen LogP contribution in [0.3, 0.4) is 0 Å². The van der Waals surface area contributed by atoms with Gasteiger partial charge in [0.05, 0.1) is 0 Å². The van der Waals surface area contributed by atoms with Crippen molar-refractivity contribution in [1.29, 1.82) is 0 Å². The van der Waals surface area contributed by atoms with E-state index in [0.29, 0.717) is 0 Å². The smallest absolute Gasteiger partial charge is 0.411 e. The van der Waals surface area contributed by atoms with Gasteiger partial charge in [-0.25, -0.2) is 9.59 Å². The zero-order valence-corrected chi connectivity index (χ0v) is 14.9. The molecular weight excluding hydrogens is 362 g/mol. The minimum atomic E-state index is -1.66. The first-order chi connectivity index (χ1) is 13.5. The number of rotatable bonds is 2. The molecule has 2 heterocycles. The van der Waals surface area contributed by atoms with E-state index in [0.717, 1.165) is 11.1 Å². The molecule has 4 rings (SSSR count). The molecule has 2 aromatic carbocycles. The van der Waals surface area contributed by atoms with Crippen LogP contribution in [0.4, 0.5) is 14.4 Å². The minimum absolute atomic E-state index is 0.120. The van der Waals surface area contributed by atoms with Crippen molar-refractivity contribution in [1.82, 2.24) is 15.1 Å². The number of urea groups is 1. The van der Waals surface area contributed by atoms with Crippen molar-refractivity contribution in [2.45, 2.75) is 11.6 Å². The third kappa shape index (κ3) is 2.83. The van der Waals surface area contributed by atoms with Gasteiger partial charge in [0, 0.05) is 30.8 Å². The third-order valence-electron chi connectivity index (χ3n) is 5.23. The first kappa shape index (κ1) is 17.8. The van der Waals surface area contributed by atoms with Gasteiger partial charge in [-0.3, -0.25) is 10.2 Å². The highest BCUT2D eigenvalue weighted by molar-refractivity contribution is 5.89. The number of carboxylic acid groups (broad SMARTS) is 1. The molecule has 2 aliphatic rings. The number of amides is 4. The standard InChI is InChI=1S/C20H19N3O5/c24-17(21-18(25)26)22-11-12-23-16(13-22)20(28-19(23)27,14-7-3-1-4-8-14)15-9-5-2-6-10-15/h1-10,16H,11-13H2,(H,21,24)(H,25,26)/p-1. The molecule has 4 amide bonds. The number of piperazine rings is 1. The zero-order valence-electron chi connectivity index (χ0n) is 14.9. The lowest BCUT2D eigenvalue weighted by Crippen LogP contribution is -2.61. The summed E-state index contributed by atoms with van der Waals surface area (Å²) in [7, 11) is 0. The molecule has 0 saturated carbocycles. The quantitative estimate of drug-likeness (QED) is 0.841. The molecule has 2 aliphatic heterocycles. The predicted molar refractivity (Wildman–Crippen MR) is 96.1 cm³/mol. The monoisotopic (exact) mass is 380 g/mol. The van der Waals surface area contributed by atoms with E-state index in [-0.39, 0.29) is 19.6 Å². The summed E-state index contributed by atoms with van der Waals surface area (Å²) in [4.78, 5) is 38.6. The number of hydrogen-bond acceptors (Lipinski definition) is 5. The van der Waals surface area contributed by atoms with Gasteiger partial charge in [0.1, 0.15) is 12.1 Å². The van der Waals surface area contributed by atoms with Crippen molar-refractivity contribution in [3.05, 3.63) is 71.8 Å². The average Bonchev–Trinajstić information content (AvgIpc) is 3.02. The third-order valence-corrected chi connectivity index (χ3v) is 5.23. The Balaban J connectivity index is 1.79. The molecule has 0 aliphatic carbocycles. The normalized spacial score (nSPS) is 20.3.